The SMILES string of the molecule is NNC(Cc1ccc(I)cc1)c1cnns1. The van der Waals surface area contributed by atoms with Gasteiger partial charge in [0.2, 0.25) is 0 Å². The van der Waals surface area contributed by atoms with Crippen molar-refractivity contribution < 1.29 is 0 Å². The second kappa shape index (κ2) is 5.67. The van der Waals surface area contributed by atoms with E-state index in [0.29, 0.717) is 0 Å². The Labute approximate surface area is 112 Å². The Balaban J connectivity index is 2.10. The average Bonchev–Trinajstić information content (AvgIpc) is 2.82. The smallest absolute Gasteiger partial charge is 0.0670 e. The Kier molecular flexibility index (Phi) is 4.22. The van der Waals surface area contributed by atoms with E-state index in [9.17, 15) is 0 Å². The molecule has 0 saturated heterocycles. The Bertz CT molecular complexity index is 429. The van der Waals surface area contributed by atoms with Crippen LogP contribution in [0.1, 0.15) is 16.5 Å². The van der Waals surface area contributed by atoms with E-state index in [0.717, 1.165) is 11.3 Å². The highest BCUT2D eigenvalue weighted by molar-refractivity contribution is 14.1. The molecule has 0 spiro atoms. The molecule has 0 amide bonds. The first-order valence-corrected chi connectivity index (χ1v) is 6.62. The third-order valence-electron chi connectivity index (χ3n) is 2.28. The van der Waals surface area contributed by atoms with Gasteiger partial charge in [-0.15, -0.1) is 5.10 Å². The van der Waals surface area contributed by atoms with Gasteiger partial charge in [0, 0.05) is 3.57 Å². The van der Waals surface area contributed by atoms with Gasteiger partial charge in [-0.05, 0) is 58.2 Å². The van der Waals surface area contributed by atoms with Crippen LogP contribution in [0.2, 0.25) is 0 Å². The summed E-state index contributed by atoms with van der Waals surface area (Å²) in [5.41, 5.74) is 4.04. The van der Waals surface area contributed by atoms with Crippen molar-refractivity contribution >= 4 is 34.1 Å². The summed E-state index contributed by atoms with van der Waals surface area (Å²) in [6.07, 6.45) is 2.60. The van der Waals surface area contributed by atoms with Gasteiger partial charge in [0.25, 0.3) is 0 Å². The normalized spacial score (nSPS) is 12.6. The molecule has 0 aliphatic carbocycles. The monoisotopic (exact) mass is 346 g/mol. The lowest BCUT2D eigenvalue weighted by Crippen LogP contribution is -2.28. The van der Waals surface area contributed by atoms with Crippen LogP contribution >= 0.6 is 34.1 Å². The topological polar surface area (TPSA) is 63.8 Å². The van der Waals surface area contributed by atoms with E-state index in [-0.39, 0.29) is 6.04 Å². The first kappa shape index (κ1) is 11.9. The molecule has 1 heterocycles. The molecule has 0 fully saturated rings. The number of nitrogens with two attached hydrogens (primary N) is 1. The molecule has 1 aromatic heterocycles. The number of halogens is 1. The molecular weight excluding hydrogens is 335 g/mol. The van der Waals surface area contributed by atoms with E-state index in [2.05, 4.69) is 61.9 Å². The van der Waals surface area contributed by atoms with E-state index in [1.807, 2.05) is 0 Å². The van der Waals surface area contributed by atoms with Gasteiger partial charge >= 0.3 is 0 Å². The largest absolute Gasteiger partial charge is 0.271 e. The van der Waals surface area contributed by atoms with Crippen molar-refractivity contribution in [1.29, 1.82) is 0 Å². The molecule has 3 N–H and O–H groups in total. The van der Waals surface area contributed by atoms with Crippen LogP contribution in [0.4, 0.5) is 0 Å². The standard InChI is InChI=1S/C10H11IN4S/c11-8-3-1-7(2-4-8)5-9(14-12)10-6-13-15-16-10/h1-4,6,9,14H,5,12H2. The van der Waals surface area contributed by atoms with Crippen molar-refractivity contribution in [2.75, 3.05) is 0 Å². The molecular formula is C10H11IN4S. The quantitative estimate of drug-likeness (QED) is 0.504. The molecule has 16 heavy (non-hydrogen) atoms. The predicted octanol–water partition coefficient (Wildman–Crippen LogP) is 1.89. The molecule has 2 rings (SSSR count). The number of aromatic nitrogens is 2. The summed E-state index contributed by atoms with van der Waals surface area (Å²) in [6, 6.07) is 8.49. The van der Waals surface area contributed by atoms with Gasteiger partial charge in [0.05, 0.1) is 17.1 Å². The molecule has 2 aromatic rings. The second-order valence-electron chi connectivity index (χ2n) is 3.37. The van der Waals surface area contributed by atoms with Crippen LogP contribution in [0, 0.1) is 3.57 Å². The van der Waals surface area contributed by atoms with E-state index in [1.165, 1.54) is 20.7 Å². The molecule has 6 heteroatoms. The van der Waals surface area contributed by atoms with E-state index < -0.39 is 0 Å². The zero-order valence-electron chi connectivity index (χ0n) is 8.43. The Hall–Kier alpha value is -0.570. The lowest BCUT2D eigenvalue weighted by atomic mass is 10.1. The Morgan fingerprint density at radius 1 is 1.38 bits per heavy atom. The van der Waals surface area contributed by atoms with E-state index >= 15 is 0 Å². The number of hydrogen-bond donors (Lipinski definition) is 2. The van der Waals surface area contributed by atoms with Crippen LogP contribution < -0.4 is 11.3 Å². The summed E-state index contributed by atoms with van der Waals surface area (Å²) in [5.74, 6) is 5.54. The van der Waals surface area contributed by atoms with E-state index in [1.54, 1.807) is 6.20 Å². The predicted molar refractivity (Wildman–Crippen MR) is 72.8 cm³/mol. The summed E-state index contributed by atoms with van der Waals surface area (Å²) in [7, 11) is 0. The lowest BCUT2D eigenvalue weighted by Gasteiger charge is -2.12. The number of hydrogen-bond acceptors (Lipinski definition) is 5. The summed E-state index contributed by atoms with van der Waals surface area (Å²) in [6.45, 7) is 0. The highest BCUT2D eigenvalue weighted by atomic mass is 127. The number of rotatable bonds is 4. The van der Waals surface area contributed by atoms with Crippen LogP contribution in [0.3, 0.4) is 0 Å². The summed E-state index contributed by atoms with van der Waals surface area (Å²) in [5, 5.41) is 3.82. The zero-order valence-corrected chi connectivity index (χ0v) is 11.4. The molecule has 1 atom stereocenters. The van der Waals surface area contributed by atoms with Crippen LogP contribution in [0.25, 0.3) is 0 Å². The number of nitrogens with one attached hydrogen (secondary N) is 1. The highest BCUT2D eigenvalue weighted by Gasteiger charge is 2.12. The van der Waals surface area contributed by atoms with E-state index in [4.69, 9.17) is 5.84 Å². The minimum absolute atomic E-state index is 0.0834. The fourth-order valence-corrected chi connectivity index (χ4v) is 2.35. The molecule has 1 unspecified atom stereocenters. The fourth-order valence-electron chi connectivity index (χ4n) is 1.43. The maximum absolute atomic E-state index is 5.54. The highest BCUT2D eigenvalue weighted by Crippen LogP contribution is 2.20. The van der Waals surface area contributed by atoms with Gasteiger partial charge in [-0.3, -0.25) is 11.3 Å². The van der Waals surface area contributed by atoms with Crippen molar-refractivity contribution in [2.45, 2.75) is 12.5 Å². The van der Waals surface area contributed by atoms with Gasteiger partial charge < -0.3 is 0 Å². The van der Waals surface area contributed by atoms with Crippen molar-refractivity contribution in [3.63, 3.8) is 0 Å². The van der Waals surface area contributed by atoms with Crippen LogP contribution in [-0.2, 0) is 6.42 Å². The molecule has 0 aliphatic rings. The number of hydrazine groups is 1. The zero-order chi connectivity index (χ0) is 11.4. The molecule has 84 valence electrons. The minimum atomic E-state index is 0.0834. The third kappa shape index (κ3) is 2.97. The Morgan fingerprint density at radius 2 is 2.12 bits per heavy atom. The van der Waals surface area contributed by atoms with Gasteiger partial charge in [-0.2, -0.15) is 0 Å². The first-order chi connectivity index (χ1) is 7.79. The fraction of sp³-hybridized carbons (Fsp3) is 0.200. The second-order valence-corrected chi connectivity index (χ2v) is 5.43. The summed E-state index contributed by atoms with van der Waals surface area (Å²) >= 11 is 3.66. The molecule has 0 bridgehead atoms. The van der Waals surface area contributed by atoms with Crippen LogP contribution in [0.15, 0.2) is 30.5 Å². The van der Waals surface area contributed by atoms with Gasteiger partial charge in [0.15, 0.2) is 0 Å². The molecule has 4 nitrogen and oxygen atoms in total. The molecule has 0 saturated carbocycles. The van der Waals surface area contributed by atoms with Crippen LogP contribution in [0.5, 0.6) is 0 Å². The number of benzene rings is 1. The van der Waals surface area contributed by atoms with Crippen LogP contribution in [-0.4, -0.2) is 9.59 Å². The van der Waals surface area contributed by atoms with Crippen molar-refractivity contribution in [3.05, 3.63) is 44.5 Å². The van der Waals surface area contributed by atoms with Crippen molar-refractivity contribution in [1.82, 2.24) is 15.0 Å². The number of nitrogens with zero attached hydrogens (tertiary/aromatic N) is 2. The van der Waals surface area contributed by atoms with Gasteiger partial charge in [-0.25, -0.2) is 0 Å². The lowest BCUT2D eigenvalue weighted by molar-refractivity contribution is 0.559. The average molecular weight is 346 g/mol. The maximum atomic E-state index is 5.54. The maximum Gasteiger partial charge on any atom is 0.0670 e. The molecule has 1 aromatic carbocycles. The molecule has 0 radical (unpaired) electrons. The minimum Gasteiger partial charge on any atom is -0.271 e. The van der Waals surface area contributed by atoms with Gasteiger partial charge in [0.1, 0.15) is 0 Å². The Morgan fingerprint density at radius 3 is 2.69 bits per heavy atom. The van der Waals surface area contributed by atoms with Gasteiger partial charge in [-0.1, -0.05) is 16.6 Å². The third-order valence-corrected chi connectivity index (χ3v) is 3.77. The van der Waals surface area contributed by atoms with Crippen molar-refractivity contribution in [3.8, 4) is 0 Å². The summed E-state index contributed by atoms with van der Waals surface area (Å²) in [4.78, 5) is 1.06. The summed E-state index contributed by atoms with van der Waals surface area (Å²) < 4.78 is 5.08. The van der Waals surface area contributed by atoms with Crippen molar-refractivity contribution in [2.24, 2.45) is 5.84 Å². The molecule has 0 aliphatic heterocycles. The first-order valence-electron chi connectivity index (χ1n) is 4.77.